The molecule has 0 heterocycles. The second kappa shape index (κ2) is 7.54. The first kappa shape index (κ1) is 15.2. The molecule has 3 nitrogen and oxygen atoms in total. The van der Waals surface area contributed by atoms with Gasteiger partial charge in [0.25, 0.3) is 0 Å². The smallest absolute Gasteiger partial charge is 0.161 e. The topological polar surface area (TPSA) is 30.5 Å². The second-order valence-electron chi connectivity index (χ2n) is 4.37. The van der Waals surface area contributed by atoms with Gasteiger partial charge < -0.3 is 14.8 Å². The van der Waals surface area contributed by atoms with Gasteiger partial charge in [0.2, 0.25) is 0 Å². The Kier molecular flexibility index (Phi) is 6.36. The Morgan fingerprint density at radius 2 is 1.83 bits per heavy atom. The number of methoxy groups -OCH3 is 2. The maximum atomic E-state index is 5.33. The third kappa shape index (κ3) is 4.10. The van der Waals surface area contributed by atoms with Crippen molar-refractivity contribution in [1.82, 2.24) is 5.32 Å². The van der Waals surface area contributed by atoms with E-state index in [1.807, 2.05) is 23.9 Å². The van der Waals surface area contributed by atoms with Crippen LogP contribution >= 0.6 is 11.8 Å². The molecule has 1 N–H and O–H groups in total. The molecule has 1 aromatic carbocycles. The average Bonchev–Trinajstić information content (AvgIpc) is 2.37. The Balaban J connectivity index is 2.76. The fraction of sp³-hybridized carbons (Fsp3) is 0.571. The Hall–Kier alpha value is -0.870. The molecule has 0 saturated carbocycles. The predicted molar refractivity (Wildman–Crippen MR) is 79.0 cm³/mol. The summed E-state index contributed by atoms with van der Waals surface area (Å²) in [7, 11) is 3.33. The first-order chi connectivity index (χ1) is 8.62. The average molecular weight is 269 g/mol. The summed E-state index contributed by atoms with van der Waals surface area (Å²) >= 11 is 1.86. The predicted octanol–water partition coefficient (Wildman–Crippen LogP) is 2.85. The molecule has 18 heavy (non-hydrogen) atoms. The van der Waals surface area contributed by atoms with E-state index in [1.54, 1.807) is 14.2 Å². The number of benzene rings is 1. The lowest BCUT2D eigenvalue weighted by molar-refractivity contribution is 0.354. The lowest BCUT2D eigenvalue weighted by Crippen LogP contribution is -2.27. The van der Waals surface area contributed by atoms with Gasteiger partial charge in [-0.25, -0.2) is 0 Å². The Labute approximate surface area is 114 Å². The minimum atomic E-state index is 0.507. The van der Waals surface area contributed by atoms with Gasteiger partial charge in [-0.3, -0.25) is 0 Å². The highest BCUT2D eigenvalue weighted by molar-refractivity contribution is 7.98. The van der Waals surface area contributed by atoms with Gasteiger partial charge in [0.15, 0.2) is 11.5 Å². The highest BCUT2D eigenvalue weighted by Gasteiger charge is 2.09. The van der Waals surface area contributed by atoms with E-state index < -0.39 is 0 Å². The van der Waals surface area contributed by atoms with Crippen molar-refractivity contribution in [3.05, 3.63) is 23.3 Å². The van der Waals surface area contributed by atoms with Crippen LogP contribution in [0.25, 0.3) is 0 Å². The zero-order chi connectivity index (χ0) is 13.5. The zero-order valence-corrected chi connectivity index (χ0v) is 12.7. The quantitative estimate of drug-likeness (QED) is 0.824. The molecule has 0 unspecified atom stereocenters. The first-order valence-electron chi connectivity index (χ1n) is 6.06. The van der Waals surface area contributed by atoms with Gasteiger partial charge in [0.05, 0.1) is 14.2 Å². The summed E-state index contributed by atoms with van der Waals surface area (Å²) in [5.41, 5.74) is 2.47. The summed E-state index contributed by atoms with van der Waals surface area (Å²) in [6, 6.07) is 4.58. The van der Waals surface area contributed by atoms with E-state index in [9.17, 15) is 0 Å². The van der Waals surface area contributed by atoms with Crippen molar-refractivity contribution in [3.63, 3.8) is 0 Å². The number of rotatable bonds is 7. The first-order valence-corrected chi connectivity index (χ1v) is 7.45. The highest BCUT2D eigenvalue weighted by Crippen LogP contribution is 2.30. The minimum absolute atomic E-state index is 0.507. The molecule has 4 heteroatoms. The Morgan fingerprint density at radius 1 is 1.22 bits per heavy atom. The summed E-state index contributed by atoms with van der Waals surface area (Å²) < 4.78 is 10.6. The molecule has 0 bridgehead atoms. The summed E-state index contributed by atoms with van der Waals surface area (Å²) in [6.07, 6.45) is 2.12. The maximum Gasteiger partial charge on any atom is 0.161 e. The van der Waals surface area contributed by atoms with Crippen molar-refractivity contribution in [1.29, 1.82) is 0 Å². The van der Waals surface area contributed by atoms with Gasteiger partial charge in [-0.05, 0) is 43.4 Å². The SMILES string of the molecule is COc1cc(C)c(CN[C@H](C)CSC)cc1OC. The molecule has 1 rings (SSSR count). The fourth-order valence-corrected chi connectivity index (χ4v) is 2.42. The van der Waals surface area contributed by atoms with Gasteiger partial charge in [0.1, 0.15) is 0 Å². The largest absolute Gasteiger partial charge is 0.493 e. The normalized spacial score (nSPS) is 12.3. The number of nitrogens with one attached hydrogen (secondary N) is 1. The lowest BCUT2D eigenvalue weighted by atomic mass is 10.1. The molecule has 102 valence electrons. The molecular formula is C14H23NO2S. The van der Waals surface area contributed by atoms with E-state index in [4.69, 9.17) is 9.47 Å². The van der Waals surface area contributed by atoms with Crippen LogP contribution in [0.3, 0.4) is 0 Å². The van der Waals surface area contributed by atoms with Crippen molar-refractivity contribution in [3.8, 4) is 11.5 Å². The van der Waals surface area contributed by atoms with E-state index in [-0.39, 0.29) is 0 Å². The van der Waals surface area contributed by atoms with Crippen LogP contribution in [0.1, 0.15) is 18.1 Å². The highest BCUT2D eigenvalue weighted by atomic mass is 32.2. The number of aryl methyl sites for hydroxylation is 1. The van der Waals surface area contributed by atoms with E-state index in [0.717, 1.165) is 23.8 Å². The summed E-state index contributed by atoms with van der Waals surface area (Å²) in [5.74, 6) is 2.69. The van der Waals surface area contributed by atoms with Crippen molar-refractivity contribution in [2.75, 3.05) is 26.2 Å². The third-order valence-corrected chi connectivity index (χ3v) is 3.73. The molecule has 0 spiro atoms. The molecule has 0 radical (unpaired) electrons. The monoisotopic (exact) mass is 269 g/mol. The molecule has 0 aliphatic heterocycles. The minimum Gasteiger partial charge on any atom is -0.493 e. The Bertz CT molecular complexity index is 382. The summed E-state index contributed by atoms with van der Waals surface area (Å²) in [6.45, 7) is 5.15. The molecule has 1 aromatic rings. The summed E-state index contributed by atoms with van der Waals surface area (Å²) in [4.78, 5) is 0. The second-order valence-corrected chi connectivity index (χ2v) is 5.28. The molecule has 0 fully saturated rings. The van der Waals surface area contributed by atoms with Crippen LogP contribution < -0.4 is 14.8 Å². The van der Waals surface area contributed by atoms with Crippen LogP contribution in [0.4, 0.5) is 0 Å². The number of ether oxygens (including phenoxy) is 2. The molecule has 0 aliphatic carbocycles. The van der Waals surface area contributed by atoms with Crippen molar-refractivity contribution >= 4 is 11.8 Å². The number of thioether (sulfide) groups is 1. The standard InChI is InChI=1S/C14H23NO2S/c1-10-6-13(16-3)14(17-4)7-12(10)8-15-11(2)9-18-5/h6-7,11,15H,8-9H2,1-5H3/t11-/m1/s1. The molecule has 0 saturated heterocycles. The van der Waals surface area contributed by atoms with Crippen LogP contribution in [-0.2, 0) is 6.54 Å². The van der Waals surface area contributed by atoms with Crippen LogP contribution in [-0.4, -0.2) is 32.3 Å². The van der Waals surface area contributed by atoms with E-state index in [0.29, 0.717) is 6.04 Å². The van der Waals surface area contributed by atoms with Crippen molar-refractivity contribution in [2.24, 2.45) is 0 Å². The van der Waals surface area contributed by atoms with Crippen LogP contribution in [0.2, 0.25) is 0 Å². The van der Waals surface area contributed by atoms with E-state index in [1.165, 1.54) is 11.1 Å². The van der Waals surface area contributed by atoms with Crippen LogP contribution in [0, 0.1) is 6.92 Å². The Morgan fingerprint density at radius 3 is 2.39 bits per heavy atom. The molecular weight excluding hydrogens is 246 g/mol. The fourth-order valence-electron chi connectivity index (χ4n) is 1.81. The van der Waals surface area contributed by atoms with Crippen LogP contribution in [0.15, 0.2) is 12.1 Å². The molecule has 1 atom stereocenters. The zero-order valence-electron chi connectivity index (χ0n) is 11.9. The summed E-state index contributed by atoms with van der Waals surface area (Å²) in [5, 5.41) is 3.51. The molecule has 0 aromatic heterocycles. The van der Waals surface area contributed by atoms with Gasteiger partial charge in [0, 0.05) is 18.3 Å². The maximum absolute atomic E-state index is 5.33. The van der Waals surface area contributed by atoms with Gasteiger partial charge in [-0.1, -0.05) is 0 Å². The van der Waals surface area contributed by atoms with Crippen molar-refractivity contribution in [2.45, 2.75) is 26.4 Å². The third-order valence-electron chi connectivity index (χ3n) is 2.90. The van der Waals surface area contributed by atoms with E-state index >= 15 is 0 Å². The number of hydrogen-bond donors (Lipinski definition) is 1. The molecule has 0 amide bonds. The van der Waals surface area contributed by atoms with Gasteiger partial charge in [-0.15, -0.1) is 0 Å². The van der Waals surface area contributed by atoms with Gasteiger partial charge in [-0.2, -0.15) is 11.8 Å². The van der Waals surface area contributed by atoms with E-state index in [2.05, 4.69) is 25.4 Å². The molecule has 0 aliphatic rings. The van der Waals surface area contributed by atoms with Crippen molar-refractivity contribution < 1.29 is 9.47 Å². The van der Waals surface area contributed by atoms with Crippen LogP contribution in [0.5, 0.6) is 11.5 Å². The lowest BCUT2D eigenvalue weighted by Gasteiger charge is -2.16. The van der Waals surface area contributed by atoms with Gasteiger partial charge >= 0.3 is 0 Å². The number of hydrogen-bond acceptors (Lipinski definition) is 4.